The fourth-order valence-corrected chi connectivity index (χ4v) is 2.82. The third-order valence-electron chi connectivity index (χ3n) is 3.84. The summed E-state index contributed by atoms with van der Waals surface area (Å²) in [5.41, 5.74) is 2.71. The van der Waals surface area contributed by atoms with E-state index >= 15 is 0 Å². The maximum absolute atomic E-state index is 12.5. The number of hydrogen-bond donors (Lipinski definition) is 1. The summed E-state index contributed by atoms with van der Waals surface area (Å²) in [6.07, 6.45) is 2.71. The molecule has 0 aliphatic carbocycles. The molecule has 2 aromatic heterocycles. The highest BCUT2D eigenvalue weighted by atomic mass is 16.3. The summed E-state index contributed by atoms with van der Waals surface area (Å²) in [5.74, 6) is 0.109. The summed E-state index contributed by atoms with van der Waals surface area (Å²) in [5, 5.41) is 12.1. The number of aromatic hydroxyl groups is 1. The van der Waals surface area contributed by atoms with Gasteiger partial charge < -0.3 is 9.67 Å². The van der Waals surface area contributed by atoms with Gasteiger partial charge in [-0.25, -0.2) is 0 Å². The topological polar surface area (TPSA) is 55.1 Å². The summed E-state index contributed by atoms with van der Waals surface area (Å²) in [6.45, 7) is 3.98. The molecule has 0 fully saturated rings. The van der Waals surface area contributed by atoms with Gasteiger partial charge in [0.15, 0.2) is 0 Å². The normalized spacial score (nSPS) is 11.3. The lowest BCUT2D eigenvalue weighted by atomic mass is 10.0. The molecule has 0 saturated carbocycles. The molecule has 0 aliphatic rings. The summed E-state index contributed by atoms with van der Waals surface area (Å²) < 4.78 is 1.62. The van der Waals surface area contributed by atoms with Crippen molar-refractivity contribution in [2.24, 2.45) is 7.05 Å². The number of aryl methyl sites for hydroxylation is 3. The Morgan fingerprint density at radius 1 is 1.30 bits per heavy atom. The molecule has 4 nitrogen and oxygen atoms in total. The predicted octanol–water partition coefficient (Wildman–Crippen LogP) is 2.66. The van der Waals surface area contributed by atoms with Crippen molar-refractivity contribution >= 4 is 21.7 Å². The van der Waals surface area contributed by atoms with Crippen molar-refractivity contribution in [2.45, 2.75) is 20.3 Å². The minimum absolute atomic E-state index is 0.109. The molecular formula is C16H16N2O2. The molecule has 0 atom stereocenters. The predicted molar refractivity (Wildman–Crippen MR) is 80.3 cm³/mol. The van der Waals surface area contributed by atoms with Gasteiger partial charge in [0.1, 0.15) is 5.75 Å². The average Bonchev–Trinajstić information content (AvgIpc) is 2.44. The minimum Gasteiger partial charge on any atom is -0.508 e. The minimum atomic E-state index is -0.110. The highest BCUT2D eigenvalue weighted by Gasteiger charge is 2.14. The maximum Gasteiger partial charge on any atom is 0.258 e. The number of aromatic nitrogens is 2. The van der Waals surface area contributed by atoms with Crippen LogP contribution in [0, 0.1) is 6.92 Å². The number of nitrogens with zero attached hydrogens (tertiary/aromatic N) is 2. The number of rotatable bonds is 1. The Kier molecular flexibility index (Phi) is 2.74. The molecule has 1 aromatic carbocycles. The molecule has 1 N–H and O–H groups in total. The fraction of sp³-hybridized carbons (Fsp3) is 0.250. The first kappa shape index (κ1) is 12.7. The smallest absolute Gasteiger partial charge is 0.258 e. The van der Waals surface area contributed by atoms with Crippen LogP contribution >= 0.6 is 0 Å². The lowest BCUT2D eigenvalue weighted by Gasteiger charge is -2.14. The molecule has 0 saturated heterocycles. The van der Waals surface area contributed by atoms with E-state index in [1.165, 1.54) is 6.07 Å². The Morgan fingerprint density at radius 2 is 2.05 bits per heavy atom. The maximum atomic E-state index is 12.5. The number of fused-ring (bicyclic) bond motifs is 3. The number of benzene rings is 1. The van der Waals surface area contributed by atoms with Gasteiger partial charge in [-0.1, -0.05) is 6.92 Å². The van der Waals surface area contributed by atoms with Crippen molar-refractivity contribution in [2.75, 3.05) is 0 Å². The van der Waals surface area contributed by atoms with Crippen LogP contribution in [0.1, 0.15) is 18.2 Å². The van der Waals surface area contributed by atoms with Crippen LogP contribution in [-0.2, 0) is 13.5 Å². The Balaban J connectivity index is 2.72. The molecule has 0 aliphatic heterocycles. The van der Waals surface area contributed by atoms with Crippen LogP contribution in [-0.4, -0.2) is 14.7 Å². The van der Waals surface area contributed by atoms with Crippen molar-refractivity contribution in [3.05, 3.63) is 46.0 Å². The molecule has 102 valence electrons. The molecule has 20 heavy (non-hydrogen) atoms. The van der Waals surface area contributed by atoms with Gasteiger partial charge in [0.25, 0.3) is 5.56 Å². The molecule has 2 heterocycles. The first-order chi connectivity index (χ1) is 9.54. The number of phenolic OH excluding ortho intramolecular Hbond substituents is 1. The molecule has 0 bridgehead atoms. The highest BCUT2D eigenvalue weighted by molar-refractivity contribution is 6.08. The van der Waals surface area contributed by atoms with Gasteiger partial charge in [-0.15, -0.1) is 0 Å². The van der Waals surface area contributed by atoms with Crippen molar-refractivity contribution in [1.82, 2.24) is 9.55 Å². The monoisotopic (exact) mass is 268 g/mol. The quantitative estimate of drug-likeness (QED) is 0.690. The van der Waals surface area contributed by atoms with Crippen LogP contribution < -0.4 is 5.56 Å². The first-order valence-electron chi connectivity index (χ1n) is 6.64. The molecule has 3 aromatic rings. The molecule has 0 amide bonds. The highest BCUT2D eigenvalue weighted by Crippen LogP contribution is 2.29. The number of phenols is 1. The van der Waals surface area contributed by atoms with Crippen LogP contribution in [0.15, 0.2) is 29.2 Å². The van der Waals surface area contributed by atoms with Gasteiger partial charge in [-0.3, -0.25) is 9.78 Å². The Bertz CT molecular complexity index is 894. The lowest BCUT2D eigenvalue weighted by molar-refractivity contribution is 0.476. The van der Waals surface area contributed by atoms with Crippen molar-refractivity contribution in [3.63, 3.8) is 0 Å². The third-order valence-corrected chi connectivity index (χ3v) is 3.84. The second kappa shape index (κ2) is 4.34. The molecule has 0 radical (unpaired) electrons. The zero-order valence-electron chi connectivity index (χ0n) is 11.8. The molecule has 0 spiro atoms. The van der Waals surface area contributed by atoms with Gasteiger partial charge in [-0.2, -0.15) is 0 Å². The van der Waals surface area contributed by atoms with Crippen LogP contribution in [0.3, 0.4) is 0 Å². The Hall–Kier alpha value is -2.36. The van der Waals surface area contributed by atoms with Gasteiger partial charge in [0, 0.05) is 18.6 Å². The van der Waals surface area contributed by atoms with Crippen molar-refractivity contribution in [1.29, 1.82) is 0 Å². The SMILES string of the molecule is CCc1cnc(C)c2c1c1ccc(O)cc1c(=O)n2C. The lowest BCUT2D eigenvalue weighted by Crippen LogP contribution is -2.18. The molecule has 0 unspecified atom stereocenters. The zero-order valence-corrected chi connectivity index (χ0v) is 11.8. The Labute approximate surface area is 116 Å². The van der Waals surface area contributed by atoms with Gasteiger partial charge >= 0.3 is 0 Å². The van der Waals surface area contributed by atoms with E-state index in [1.54, 1.807) is 17.7 Å². The van der Waals surface area contributed by atoms with Crippen molar-refractivity contribution in [3.8, 4) is 5.75 Å². The van der Waals surface area contributed by atoms with Crippen molar-refractivity contribution < 1.29 is 5.11 Å². The van der Waals surface area contributed by atoms with E-state index in [9.17, 15) is 9.90 Å². The van der Waals surface area contributed by atoms with E-state index in [0.717, 1.165) is 34.0 Å². The standard InChI is InChI=1S/C16H16N2O2/c1-4-10-8-17-9(2)15-14(10)12-6-5-11(19)7-13(12)16(20)18(15)3/h5-8,19H,4H2,1-3H3. The summed E-state index contributed by atoms with van der Waals surface area (Å²) in [4.78, 5) is 16.9. The van der Waals surface area contributed by atoms with Crippen LogP contribution in [0.4, 0.5) is 0 Å². The molecule has 3 rings (SSSR count). The zero-order chi connectivity index (χ0) is 14.4. The van der Waals surface area contributed by atoms with Gasteiger partial charge in [0.2, 0.25) is 0 Å². The Morgan fingerprint density at radius 3 is 2.75 bits per heavy atom. The van der Waals surface area contributed by atoms with E-state index in [0.29, 0.717) is 5.39 Å². The summed E-state index contributed by atoms with van der Waals surface area (Å²) >= 11 is 0. The summed E-state index contributed by atoms with van der Waals surface area (Å²) in [7, 11) is 1.75. The van der Waals surface area contributed by atoms with Gasteiger partial charge in [0.05, 0.1) is 16.6 Å². The average molecular weight is 268 g/mol. The van der Waals surface area contributed by atoms with Crippen LogP contribution in [0.25, 0.3) is 21.7 Å². The third kappa shape index (κ3) is 1.61. The van der Waals surface area contributed by atoms with E-state index in [-0.39, 0.29) is 11.3 Å². The van der Waals surface area contributed by atoms with E-state index in [2.05, 4.69) is 11.9 Å². The second-order valence-electron chi connectivity index (χ2n) is 5.04. The number of pyridine rings is 2. The largest absolute Gasteiger partial charge is 0.508 e. The molecular weight excluding hydrogens is 252 g/mol. The fourth-order valence-electron chi connectivity index (χ4n) is 2.82. The van der Waals surface area contributed by atoms with Crippen LogP contribution in [0.5, 0.6) is 5.75 Å². The van der Waals surface area contributed by atoms with Gasteiger partial charge in [-0.05, 0) is 42.5 Å². The number of hydrogen-bond acceptors (Lipinski definition) is 3. The molecule has 4 heteroatoms. The van der Waals surface area contributed by atoms with E-state index in [4.69, 9.17) is 0 Å². The first-order valence-corrected chi connectivity index (χ1v) is 6.64. The van der Waals surface area contributed by atoms with E-state index in [1.807, 2.05) is 19.2 Å². The van der Waals surface area contributed by atoms with Crippen LogP contribution in [0.2, 0.25) is 0 Å². The van der Waals surface area contributed by atoms with E-state index < -0.39 is 0 Å². The second-order valence-corrected chi connectivity index (χ2v) is 5.04. The summed E-state index contributed by atoms with van der Waals surface area (Å²) in [6, 6.07) is 4.97.